The number of pyridine rings is 1. The highest BCUT2D eigenvalue weighted by atomic mass is 16.6. The van der Waals surface area contributed by atoms with Crippen molar-refractivity contribution in [3.63, 3.8) is 0 Å². The molecule has 0 radical (unpaired) electrons. The average molecular weight is 1260 g/mol. The van der Waals surface area contributed by atoms with Gasteiger partial charge in [0.2, 0.25) is 29.5 Å². The van der Waals surface area contributed by atoms with Crippen molar-refractivity contribution in [2.75, 3.05) is 65.9 Å². The molecule has 3 saturated heterocycles. The van der Waals surface area contributed by atoms with Gasteiger partial charge in [0, 0.05) is 97.5 Å². The number of morpholine rings is 1. The number of hydrogen-bond donors (Lipinski definition) is 2. The third kappa shape index (κ3) is 18.2. The molecule has 6 amide bonds. The van der Waals surface area contributed by atoms with E-state index in [9.17, 15) is 19.5 Å². The van der Waals surface area contributed by atoms with E-state index in [1.807, 2.05) is 115 Å². The normalized spacial score (nSPS) is 25.8. The number of fused-ring (bicyclic) bond motifs is 1. The Morgan fingerprint density at radius 3 is 1.86 bits per heavy atom. The number of benzene rings is 2. The van der Waals surface area contributed by atoms with Gasteiger partial charge in [-0.05, 0) is 97.6 Å². The third-order valence-corrected chi connectivity index (χ3v) is 19.0. The Hall–Kier alpha value is -7.06. The number of Topliss-reactive ketones (excluding diaryl/α,β-unsaturated/α-hetero) is 2. The molecule has 6 rings (SSSR count). The predicted molar refractivity (Wildman–Crippen MR) is 350 cm³/mol. The summed E-state index contributed by atoms with van der Waals surface area (Å²) in [7, 11) is 5.85. The maximum atomic E-state index is 15.9. The van der Waals surface area contributed by atoms with Gasteiger partial charge in [0.15, 0.2) is 23.7 Å². The number of nitrogens with one attached hydrogen (secondary N) is 1. The lowest BCUT2D eigenvalue weighted by Crippen LogP contribution is -2.61. The molecule has 11 atom stereocenters. The van der Waals surface area contributed by atoms with Crippen LogP contribution in [0.25, 0.3) is 11.1 Å². The van der Waals surface area contributed by atoms with E-state index in [0.717, 1.165) is 21.8 Å². The minimum Gasteiger partial charge on any atom is -0.450 e. The van der Waals surface area contributed by atoms with E-state index in [-0.39, 0.29) is 56.3 Å². The number of ether oxygens (including phenoxy) is 2. The second-order valence-electron chi connectivity index (χ2n) is 27.5. The Labute approximate surface area is 540 Å². The summed E-state index contributed by atoms with van der Waals surface area (Å²) < 4.78 is 11.8. The molecule has 3 aliphatic rings. The lowest BCUT2D eigenvalue weighted by atomic mass is 9.82. The number of likely N-dealkylation sites (N-methyl/N-ethyl adjacent to an activating group) is 4. The molecular formula is C71H104N8O12. The van der Waals surface area contributed by atoms with Crippen molar-refractivity contribution in [1.29, 1.82) is 0 Å². The SMILES string of the molecule is CCC(C)[C@@H]1CC(=O)C2CCCN2C(=O)C(Cc2cccc(-c3ccnc(N4CCOCC4)c3)c2)N(C)C(=O)C(Cc2ccccc2)NC(=O)[C@H](C(C)C)N(C)C(=O)[C@@H](C(C)CC)OC(=O)[C@H](C(C)(C)O)N(C)C(=O)[C@H](CC(C)C)CC(=O)[C@H](C(C)C)N(C)C1=O. The van der Waals surface area contributed by atoms with Crippen molar-refractivity contribution < 1.29 is 57.7 Å². The number of rotatable bonds is 15. The summed E-state index contributed by atoms with van der Waals surface area (Å²) in [6, 6.07) is 13.2. The summed E-state index contributed by atoms with van der Waals surface area (Å²) in [5.74, 6) is -8.75. The fourth-order valence-corrected chi connectivity index (χ4v) is 13.5. The highest BCUT2D eigenvalue weighted by molar-refractivity contribution is 5.99. The number of aromatic nitrogens is 1. The summed E-state index contributed by atoms with van der Waals surface area (Å²) in [6.45, 7) is 23.7. The molecule has 4 heterocycles. The number of cyclic esters (lactones) is 1. The fraction of sp³-hybridized carbons (Fsp3) is 0.634. The van der Waals surface area contributed by atoms with Crippen molar-refractivity contribution in [3.8, 4) is 11.1 Å². The first-order valence-corrected chi connectivity index (χ1v) is 33.0. The highest BCUT2D eigenvalue weighted by Crippen LogP contribution is 2.33. The zero-order valence-corrected chi connectivity index (χ0v) is 57.0. The van der Waals surface area contributed by atoms with E-state index >= 15 is 28.8 Å². The maximum absolute atomic E-state index is 15.9. The van der Waals surface area contributed by atoms with Crippen LogP contribution in [0.2, 0.25) is 0 Å². The Morgan fingerprint density at radius 1 is 0.637 bits per heavy atom. The van der Waals surface area contributed by atoms with Crippen LogP contribution in [0.3, 0.4) is 0 Å². The summed E-state index contributed by atoms with van der Waals surface area (Å²) >= 11 is 0. The first-order valence-electron chi connectivity index (χ1n) is 33.0. The molecule has 3 aromatic rings. The van der Waals surface area contributed by atoms with Crippen LogP contribution in [0.1, 0.15) is 139 Å². The molecule has 5 unspecified atom stereocenters. The number of aliphatic hydroxyl groups is 1. The van der Waals surface area contributed by atoms with Gasteiger partial charge in [0.05, 0.1) is 30.9 Å². The largest absolute Gasteiger partial charge is 0.450 e. The van der Waals surface area contributed by atoms with Gasteiger partial charge in [0.25, 0.3) is 5.91 Å². The number of amides is 6. The van der Waals surface area contributed by atoms with Gasteiger partial charge < -0.3 is 49.3 Å². The molecule has 91 heavy (non-hydrogen) atoms. The van der Waals surface area contributed by atoms with Crippen LogP contribution >= 0.6 is 0 Å². The van der Waals surface area contributed by atoms with Crippen LogP contribution in [-0.4, -0.2) is 197 Å². The molecule has 1 aromatic heterocycles. The van der Waals surface area contributed by atoms with Crippen LogP contribution in [0, 0.1) is 41.4 Å². The van der Waals surface area contributed by atoms with Gasteiger partial charge in [-0.3, -0.25) is 38.4 Å². The molecule has 0 spiro atoms. The molecule has 2 N–H and O–H groups in total. The molecule has 3 fully saturated rings. The number of esters is 1. The molecule has 500 valence electrons. The first kappa shape index (κ1) is 73.0. The van der Waals surface area contributed by atoms with Crippen molar-refractivity contribution in [1.82, 2.24) is 34.8 Å². The summed E-state index contributed by atoms with van der Waals surface area (Å²) in [6.07, 6.45) is 1.46. The molecule has 0 aliphatic carbocycles. The number of hydrogen-bond acceptors (Lipinski definition) is 14. The van der Waals surface area contributed by atoms with E-state index in [0.29, 0.717) is 63.1 Å². The molecule has 3 aliphatic heterocycles. The molecule has 20 heteroatoms. The number of carbonyl (C=O) groups excluding carboxylic acids is 9. The standard InChI is InChI=1S/C71H104N8O12/c1-17-46(9)53-42-57(80)55-28-23-31-79(55)68(86)56(39-49-26-22-27-50(37-49)51-29-30-72-59(41-51)78-32-34-90-35-33-78)74(13)67(85)54(38-48-24-20-19-21-25-48)73-64(82)61(45(7)8)76(15)69(87)62(47(10)18-2)91-70(88)63(71(11,12)89)77(16)65(83)52(36-43(3)4)40-58(81)60(44(5)6)75(14)66(53)84/h19-22,24-27,29-30,37,41,43-47,52-56,60-63,89H,17-18,23,28,31-36,38-40,42H2,1-16H3,(H,73,82)/t46?,47?,52-,53+,54?,55?,56?,60+,61+,62-,63-/m1/s1. The summed E-state index contributed by atoms with van der Waals surface area (Å²) in [5.41, 5.74) is 1.17. The zero-order chi connectivity index (χ0) is 67.3. The quantitative estimate of drug-likeness (QED) is 0.141. The lowest BCUT2D eigenvalue weighted by Gasteiger charge is -2.39. The Morgan fingerprint density at radius 2 is 1.25 bits per heavy atom. The maximum Gasteiger partial charge on any atom is 0.332 e. The monoisotopic (exact) mass is 1260 g/mol. The summed E-state index contributed by atoms with van der Waals surface area (Å²) in [5, 5.41) is 14.8. The zero-order valence-electron chi connectivity index (χ0n) is 57.0. The van der Waals surface area contributed by atoms with Crippen molar-refractivity contribution in [2.24, 2.45) is 41.4 Å². The summed E-state index contributed by atoms with van der Waals surface area (Å²) in [4.78, 5) is 151. The predicted octanol–water partition coefficient (Wildman–Crippen LogP) is 7.45. The lowest BCUT2D eigenvalue weighted by molar-refractivity contribution is -0.178. The third-order valence-electron chi connectivity index (χ3n) is 19.0. The first-order chi connectivity index (χ1) is 42.9. The van der Waals surface area contributed by atoms with Gasteiger partial charge in [-0.15, -0.1) is 0 Å². The van der Waals surface area contributed by atoms with Crippen LogP contribution in [0.4, 0.5) is 5.82 Å². The second-order valence-corrected chi connectivity index (χ2v) is 27.5. The van der Waals surface area contributed by atoms with E-state index in [2.05, 4.69) is 15.2 Å². The fourth-order valence-electron chi connectivity index (χ4n) is 13.5. The van der Waals surface area contributed by atoms with Crippen molar-refractivity contribution >= 4 is 58.8 Å². The molecule has 2 aromatic carbocycles. The van der Waals surface area contributed by atoms with Gasteiger partial charge in [-0.2, -0.15) is 0 Å². The number of nitrogens with zero attached hydrogens (tertiary/aromatic N) is 7. The molecular weight excluding hydrogens is 1160 g/mol. The van der Waals surface area contributed by atoms with Crippen molar-refractivity contribution in [2.45, 2.75) is 189 Å². The number of anilines is 1. The van der Waals surface area contributed by atoms with Crippen LogP contribution in [-0.2, 0) is 65.5 Å². The van der Waals surface area contributed by atoms with Gasteiger partial charge in [-0.25, -0.2) is 9.78 Å². The second kappa shape index (κ2) is 32.5. The Bertz CT molecular complexity index is 3010. The average Bonchev–Trinajstić information content (AvgIpc) is 2.18. The van der Waals surface area contributed by atoms with Crippen molar-refractivity contribution in [3.05, 3.63) is 84.1 Å². The molecule has 20 nitrogen and oxygen atoms in total. The smallest absolute Gasteiger partial charge is 0.332 e. The number of ketones is 2. The van der Waals surface area contributed by atoms with E-state index in [1.165, 1.54) is 49.7 Å². The Kier molecular flexibility index (Phi) is 26.1. The number of carbonyl (C=O) groups is 9. The van der Waals surface area contributed by atoms with Gasteiger partial charge >= 0.3 is 5.97 Å². The van der Waals surface area contributed by atoms with Gasteiger partial charge in [0.1, 0.15) is 23.9 Å². The molecule has 0 bridgehead atoms. The molecule has 0 saturated carbocycles. The minimum absolute atomic E-state index is 0.00155. The minimum atomic E-state index is -1.95. The van der Waals surface area contributed by atoms with Crippen LogP contribution in [0.15, 0.2) is 72.9 Å². The van der Waals surface area contributed by atoms with E-state index < -0.39 is 125 Å². The van der Waals surface area contributed by atoms with Gasteiger partial charge in [-0.1, -0.05) is 130 Å². The van der Waals surface area contributed by atoms with Crippen LogP contribution in [0.5, 0.6) is 0 Å². The topological polar surface area (TPSA) is 237 Å². The Balaban J connectivity index is 1.52. The van der Waals surface area contributed by atoms with E-state index in [4.69, 9.17) is 9.47 Å². The van der Waals surface area contributed by atoms with Crippen LogP contribution < -0.4 is 10.2 Å². The highest BCUT2D eigenvalue weighted by Gasteiger charge is 2.48. The van der Waals surface area contributed by atoms with E-state index in [1.54, 1.807) is 38.9 Å².